The number of halogens is 1. The number of benzene rings is 2. The van der Waals surface area contributed by atoms with Crippen LogP contribution in [0.3, 0.4) is 0 Å². The van der Waals surface area contributed by atoms with Gasteiger partial charge in [-0.3, -0.25) is 15.0 Å². The van der Waals surface area contributed by atoms with Crippen molar-refractivity contribution in [2.45, 2.75) is 64.2 Å². The molecule has 2 aromatic heterocycles. The van der Waals surface area contributed by atoms with Gasteiger partial charge in [0.1, 0.15) is 11.1 Å². The molecule has 0 saturated carbocycles. The fourth-order valence-electron chi connectivity index (χ4n) is 5.33. The van der Waals surface area contributed by atoms with Crippen LogP contribution in [0, 0.1) is 0 Å². The van der Waals surface area contributed by atoms with Gasteiger partial charge in [-0.2, -0.15) is 0 Å². The summed E-state index contributed by atoms with van der Waals surface area (Å²) >= 11 is 7.60. The van der Waals surface area contributed by atoms with E-state index in [1.165, 1.54) is 0 Å². The van der Waals surface area contributed by atoms with E-state index in [1.54, 1.807) is 17.5 Å². The molecule has 0 spiro atoms. The van der Waals surface area contributed by atoms with E-state index in [2.05, 4.69) is 21.7 Å². The van der Waals surface area contributed by atoms with E-state index in [0.29, 0.717) is 29.1 Å². The average Bonchev–Trinajstić information content (AvgIpc) is 3.58. The molecule has 38 heavy (non-hydrogen) atoms. The third kappa shape index (κ3) is 5.88. The van der Waals surface area contributed by atoms with Gasteiger partial charge in [-0.25, -0.2) is 0 Å². The van der Waals surface area contributed by atoms with Crippen LogP contribution in [0.15, 0.2) is 71.7 Å². The van der Waals surface area contributed by atoms with Gasteiger partial charge in [0, 0.05) is 41.8 Å². The maximum absolute atomic E-state index is 13.5. The van der Waals surface area contributed by atoms with Gasteiger partial charge in [0.05, 0.1) is 17.1 Å². The lowest BCUT2D eigenvalue weighted by Crippen LogP contribution is -2.33. The summed E-state index contributed by atoms with van der Waals surface area (Å²) in [7, 11) is 0. The first-order valence-electron chi connectivity index (χ1n) is 13.2. The van der Waals surface area contributed by atoms with Crippen LogP contribution in [0.4, 0.5) is 0 Å². The van der Waals surface area contributed by atoms with Crippen molar-refractivity contribution in [1.82, 2.24) is 14.8 Å². The Kier molecular flexibility index (Phi) is 8.63. The van der Waals surface area contributed by atoms with E-state index in [1.807, 2.05) is 60.7 Å². The monoisotopic (exact) mass is 551 g/mol. The first-order chi connectivity index (χ1) is 18.4. The van der Waals surface area contributed by atoms with Crippen molar-refractivity contribution in [2.24, 2.45) is 0 Å². The molecule has 6 nitrogen and oxygen atoms in total. The largest absolute Gasteiger partial charge is 0.387 e. The number of aryl methyl sites for hydroxylation is 1. The lowest BCUT2D eigenvalue weighted by Gasteiger charge is -2.28. The number of fused-ring (bicyclic) bond motifs is 1. The first kappa shape index (κ1) is 27.1. The fourth-order valence-corrected chi connectivity index (χ4v) is 6.64. The second-order valence-electron chi connectivity index (χ2n) is 9.98. The third-order valence-electron chi connectivity index (χ3n) is 7.28. The van der Waals surface area contributed by atoms with Gasteiger partial charge in [-0.05, 0) is 55.1 Å². The standard InChI is InChI=1S/C30H34ClN3O3S/c1-2-14-34-19-25(29(37)32-17-20-10-12-22(31)13-11-20)28(36)24-16-23(38-30(24)34)18-33-15-6-9-26(33)27(35)21-7-4-3-5-8-21/h3-5,7-8,10-13,16,19,26-27,29,32,35,37H,2,6,9,14-15,17-18H2,1H3/t26-,27+,29?/m1/s1. The highest BCUT2D eigenvalue weighted by molar-refractivity contribution is 7.18. The van der Waals surface area contributed by atoms with Crippen LogP contribution in [-0.4, -0.2) is 32.3 Å². The molecule has 200 valence electrons. The molecule has 0 radical (unpaired) electrons. The molecule has 0 bridgehead atoms. The van der Waals surface area contributed by atoms with E-state index >= 15 is 0 Å². The van der Waals surface area contributed by atoms with E-state index in [0.717, 1.165) is 53.2 Å². The highest BCUT2D eigenvalue weighted by atomic mass is 35.5. The Morgan fingerprint density at radius 2 is 1.89 bits per heavy atom. The Hall–Kier alpha value is -2.52. The van der Waals surface area contributed by atoms with Gasteiger partial charge < -0.3 is 14.8 Å². The molecule has 1 aliphatic rings. The lowest BCUT2D eigenvalue weighted by atomic mass is 10.0. The molecule has 1 saturated heterocycles. The Bertz CT molecular complexity index is 1420. The summed E-state index contributed by atoms with van der Waals surface area (Å²) in [5.41, 5.74) is 2.11. The maximum Gasteiger partial charge on any atom is 0.197 e. The molecule has 4 aromatic rings. The quantitative estimate of drug-likeness (QED) is 0.223. The predicted octanol–water partition coefficient (Wildman–Crippen LogP) is 5.61. The van der Waals surface area contributed by atoms with Crippen molar-refractivity contribution in [3.63, 3.8) is 0 Å². The van der Waals surface area contributed by atoms with Crippen molar-refractivity contribution in [1.29, 1.82) is 0 Å². The highest BCUT2D eigenvalue weighted by Crippen LogP contribution is 2.33. The number of thiophene rings is 1. The summed E-state index contributed by atoms with van der Waals surface area (Å²) in [6, 6.07) is 19.3. The number of aromatic nitrogens is 1. The van der Waals surface area contributed by atoms with Crippen LogP contribution >= 0.6 is 22.9 Å². The van der Waals surface area contributed by atoms with Crippen molar-refractivity contribution in [3.8, 4) is 0 Å². The van der Waals surface area contributed by atoms with Gasteiger partial charge in [0.25, 0.3) is 0 Å². The third-order valence-corrected chi connectivity index (χ3v) is 8.69. The lowest BCUT2D eigenvalue weighted by molar-refractivity contribution is 0.0693. The number of likely N-dealkylation sites (tertiary alicyclic amines) is 1. The normalized spacial score (nSPS) is 17.7. The molecule has 3 heterocycles. The van der Waals surface area contributed by atoms with Crippen LogP contribution < -0.4 is 10.7 Å². The molecule has 1 unspecified atom stereocenters. The number of aliphatic hydroxyl groups is 2. The zero-order valence-corrected chi connectivity index (χ0v) is 23.1. The Balaban J connectivity index is 1.38. The summed E-state index contributed by atoms with van der Waals surface area (Å²) in [6.45, 7) is 4.88. The topological polar surface area (TPSA) is 77.7 Å². The molecule has 0 aliphatic carbocycles. The Labute approximate surface area is 232 Å². The maximum atomic E-state index is 13.5. The van der Waals surface area contributed by atoms with Crippen LogP contribution in [0.1, 0.15) is 60.1 Å². The molecule has 3 atom stereocenters. The van der Waals surface area contributed by atoms with Crippen molar-refractivity contribution >= 4 is 33.2 Å². The number of nitrogens with one attached hydrogen (secondary N) is 1. The molecule has 0 amide bonds. The van der Waals surface area contributed by atoms with Gasteiger partial charge >= 0.3 is 0 Å². The minimum absolute atomic E-state index is 0.0477. The van der Waals surface area contributed by atoms with Gasteiger partial charge in [0.15, 0.2) is 5.43 Å². The Morgan fingerprint density at radius 3 is 2.63 bits per heavy atom. The fraction of sp³-hybridized carbons (Fsp3) is 0.367. The number of aliphatic hydroxyl groups excluding tert-OH is 2. The summed E-state index contributed by atoms with van der Waals surface area (Å²) in [5.74, 6) is 0. The summed E-state index contributed by atoms with van der Waals surface area (Å²) < 4.78 is 2.09. The van der Waals surface area contributed by atoms with Crippen LogP contribution in [0.2, 0.25) is 5.02 Å². The molecular formula is C30H34ClN3O3S. The summed E-state index contributed by atoms with van der Waals surface area (Å²) in [5, 5.41) is 26.4. The Morgan fingerprint density at radius 1 is 1.13 bits per heavy atom. The SMILES string of the molecule is CCCn1cc(C(O)NCc2ccc(Cl)cc2)c(=O)c2cc(CN3CCC[C@@H]3[C@@H](O)c3ccccc3)sc21. The number of pyridine rings is 1. The molecule has 8 heteroatoms. The second kappa shape index (κ2) is 12.1. The zero-order chi connectivity index (χ0) is 26.6. The second-order valence-corrected chi connectivity index (χ2v) is 11.5. The summed E-state index contributed by atoms with van der Waals surface area (Å²) in [4.78, 5) is 17.9. The average molecular weight is 552 g/mol. The highest BCUT2D eigenvalue weighted by Gasteiger charge is 2.32. The van der Waals surface area contributed by atoms with E-state index in [4.69, 9.17) is 11.6 Å². The van der Waals surface area contributed by atoms with Crippen molar-refractivity contribution in [3.05, 3.63) is 104 Å². The molecule has 3 N–H and O–H groups in total. The van der Waals surface area contributed by atoms with E-state index in [9.17, 15) is 15.0 Å². The van der Waals surface area contributed by atoms with E-state index < -0.39 is 12.3 Å². The molecular weight excluding hydrogens is 518 g/mol. The van der Waals surface area contributed by atoms with Crippen molar-refractivity contribution < 1.29 is 10.2 Å². The molecule has 5 rings (SSSR count). The van der Waals surface area contributed by atoms with E-state index in [-0.39, 0.29) is 11.5 Å². The molecule has 1 aliphatic heterocycles. The summed E-state index contributed by atoms with van der Waals surface area (Å²) in [6.07, 6.45) is 3.07. The molecule has 2 aromatic carbocycles. The number of hydrogen-bond acceptors (Lipinski definition) is 6. The first-order valence-corrected chi connectivity index (χ1v) is 14.4. The van der Waals surface area contributed by atoms with Gasteiger partial charge in [0.2, 0.25) is 0 Å². The van der Waals surface area contributed by atoms with Crippen LogP contribution in [0.5, 0.6) is 0 Å². The van der Waals surface area contributed by atoms with Crippen molar-refractivity contribution in [2.75, 3.05) is 6.54 Å². The van der Waals surface area contributed by atoms with Crippen LogP contribution in [0.25, 0.3) is 10.2 Å². The zero-order valence-electron chi connectivity index (χ0n) is 21.5. The van der Waals surface area contributed by atoms with Gasteiger partial charge in [-0.1, -0.05) is 61.0 Å². The smallest absolute Gasteiger partial charge is 0.197 e. The van der Waals surface area contributed by atoms with Crippen LogP contribution in [-0.2, 0) is 19.6 Å². The van der Waals surface area contributed by atoms with Gasteiger partial charge in [-0.15, -0.1) is 11.3 Å². The number of hydrogen-bond donors (Lipinski definition) is 3. The predicted molar refractivity (Wildman–Crippen MR) is 154 cm³/mol. The molecule has 1 fully saturated rings. The minimum atomic E-state index is -1.09. The number of nitrogens with zero attached hydrogens (tertiary/aromatic N) is 2. The number of rotatable bonds is 10. The minimum Gasteiger partial charge on any atom is -0.387 e.